The van der Waals surface area contributed by atoms with Crippen LogP contribution in [0, 0.1) is 0 Å². The maximum Gasteiger partial charge on any atom is 0.265 e. The summed E-state index contributed by atoms with van der Waals surface area (Å²) in [5.74, 6) is -0.532. The van der Waals surface area contributed by atoms with Crippen LogP contribution in [0.3, 0.4) is 0 Å². The molecule has 0 saturated heterocycles. The van der Waals surface area contributed by atoms with Crippen LogP contribution in [0.15, 0.2) is 12.3 Å². The van der Waals surface area contributed by atoms with Gasteiger partial charge in [-0.2, -0.15) is 0 Å². The largest absolute Gasteiger partial charge is 0.506 e. The van der Waals surface area contributed by atoms with Gasteiger partial charge in [0.15, 0.2) is 0 Å². The molecule has 1 heterocycles. The van der Waals surface area contributed by atoms with Crippen molar-refractivity contribution in [2.75, 3.05) is 0 Å². The van der Waals surface area contributed by atoms with Crippen LogP contribution in [0.25, 0.3) is 0 Å². The predicted molar refractivity (Wildman–Crippen MR) is 35.7 cm³/mol. The maximum atomic E-state index is 11.9. The number of hydrogen-bond donors (Lipinski definition) is 1. The summed E-state index contributed by atoms with van der Waals surface area (Å²) in [5.41, 5.74) is -0.635. The summed E-state index contributed by atoms with van der Waals surface area (Å²) in [6, 6.07) is 0.812. The summed E-state index contributed by atoms with van der Waals surface area (Å²) in [4.78, 5) is 3.31. The zero-order valence-electron chi connectivity index (χ0n) is 5.97. The minimum absolute atomic E-state index is 0.223. The monoisotopic (exact) mass is 177 g/mol. The Labute approximate surface area is 66.7 Å². The van der Waals surface area contributed by atoms with E-state index in [0.29, 0.717) is 0 Å². The molecular formula is C7H6F3NO. The molecule has 66 valence electrons. The molecule has 5 heteroatoms. The number of pyridine rings is 1. The van der Waals surface area contributed by atoms with Crippen molar-refractivity contribution < 1.29 is 18.3 Å². The first-order valence-electron chi connectivity index (χ1n) is 3.17. The van der Waals surface area contributed by atoms with Crippen LogP contribution in [0.1, 0.15) is 17.7 Å². The van der Waals surface area contributed by atoms with Gasteiger partial charge in [-0.3, -0.25) is 4.98 Å². The van der Waals surface area contributed by atoms with Crippen LogP contribution in [-0.2, 0) is 6.67 Å². The van der Waals surface area contributed by atoms with E-state index in [4.69, 9.17) is 5.11 Å². The van der Waals surface area contributed by atoms with Crippen molar-refractivity contribution in [1.82, 2.24) is 4.98 Å². The summed E-state index contributed by atoms with van der Waals surface area (Å²) in [7, 11) is 0. The number of halogens is 3. The maximum absolute atomic E-state index is 11.9. The van der Waals surface area contributed by atoms with Crippen LogP contribution in [0.4, 0.5) is 13.2 Å². The van der Waals surface area contributed by atoms with Crippen LogP contribution < -0.4 is 0 Å². The fraction of sp³-hybridized carbons (Fsp3) is 0.286. The second-order valence-corrected chi connectivity index (χ2v) is 2.17. The van der Waals surface area contributed by atoms with E-state index in [1.54, 1.807) is 0 Å². The van der Waals surface area contributed by atoms with Crippen LogP contribution in [0.5, 0.6) is 5.75 Å². The number of aromatic nitrogens is 1. The third-order valence-corrected chi connectivity index (χ3v) is 1.35. The lowest BCUT2D eigenvalue weighted by atomic mass is 10.2. The van der Waals surface area contributed by atoms with E-state index in [1.807, 2.05) is 0 Å². The second kappa shape index (κ2) is 3.42. The van der Waals surface area contributed by atoms with E-state index >= 15 is 0 Å². The van der Waals surface area contributed by atoms with Gasteiger partial charge in [0.1, 0.15) is 18.1 Å². The van der Waals surface area contributed by atoms with Gasteiger partial charge in [-0.25, -0.2) is 13.2 Å². The number of nitrogens with zero attached hydrogens (tertiary/aromatic N) is 1. The molecule has 0 aromatic carbocycles. The van der Waals surface area contributed by atoms with Crippen molar-refractivity contribution in [2.45, 2.75) is 13.1 Å². The number of rotatable bonds is 2. The molecule has 0 atom stereocenters. The Morgan fingerprint density at radius 1 is 1.50 bits per heavy atom. The smallest absolute Gasteiger partial charge is 0.265 e. The zero-order chi connectivity index (χ0) is 9.14. The van der Waals surface area contributed by atoms with Crippen LogP contribution in [0.2, 0.25) is 0 Å². The Bertz CT molecular complexity index is 277. The van der Waals surface area contributed by atoms with Gasteiger partial charge < -0.3 is 5.11 Å². The molecule has 0 saturated carbocycles. The van der Waals surface area contributed by atoms with E-state index in [0.717, 1.165) is 12.3 Å². The lowest BCUT2D eigenvalue weighted by Gasteiger charge is -2.01. The highest BCUT2D eigenvalue weighted by Gasteiger charge is 2.10. The van der Waals surface area contributed by atoms with E-state index < -0.39 is 24.4 Å². The van der Waals surface area contributed by atoms with Gasteiger partial charge in [0.25, 0.3) is 6.43 Å². The summed E-state index contributed by atoms with van der Waals surface area (Å²) >= 11 is 0. The summed E-state index contributed by atoms with van der Waals surface area (Å²) in [5, 5.41) is 8.90. The average molecular weight is 177 g/mol. The molecule has 2 nitrogen and oxygen atoms in total. The minimum Gasteiger partial charge on any atom is -0.506 e. The van der Waals surface area contributed by atoms with E-state index in [9.17, 15) is 13.2 Å². The molecule has 0 fully saturated rings. The molecule has 0 aliphatic carbocycles. The molecule has 0 spiro atoms. The minimum atomic E-state index is -2.70. The fourth-order valence-corrected chi connectivity index (χ4v) is 0.719. The standard InChI is InChI=1S/C7H6F3NO/c8-2-5-6(12)1-4(3-11-5)7(9)10/h1,3,7,12H,2H2. The predicted octanol–water partition coefficient (Wildman–Crippen LogP) is 2.19. The van der Waals surface area contributed by atoms with Crippen LogP contribution >= 0.6 is 0 Å². The third kappa shape index (κ3) is 1.66. The molecule has 0 radical (unpaired) electrons. The Morgan fingerprint density at radius 3 is 2.58 bits per heavy atom. The van der Waals surface area contributed by atoms with Gasteiger partial charge in [-0.05, 0) is 6.07 Å². The normalized spacial score (nSPS) is 10.7. The fourth-order valence-electron chi connectivity index (χ4n) is 0.719. The molecule has 1 aromatic rings. The molecule has 1 rings (SSSR count). The lowest BCUT2D eigenvalue weighted by molar-refractivity contribution is 0.150. The van der Waals surface area contributed by atoms with Gasteiger partial charge in [0, 0.05) is 11.8 Å². The molecule has 12 heavy (non-hydrogen) atoms. The number of aromatic hydroxyl groups is 1. The quantitative estimate of drug-likeness (QED) is 0.751. The first-order valence-corrected chi connectivity index (χ1v) is 3.17. The van der Waals surface area contributed by atoms with E-state index in [-0.39, 0.29) is 5.69 Å². The van der Waals surface area contributed by atoms with Crippen molar-refractivity contribution in [3.05, 3.63) is 23.5 Å². The SMILES string of the molecule is Oc1cc(C(F)F)cnc1CF. The van der Waals surface area contributed by atoms with E-state index in [2.05, 4.69) is 4.98 Å². The Hall–Kier alpha value is -1.26. The van der Waals surface area contributed by atoms with Crippen molar-refractivity contribution >= 4 is 0 Å². The van der Waals surface area contributed by atoms with Gasteiger partial charge in [-0.15, -0.1) is 0 Å². The topological polar surface area (TPSA) is 33.1 Å². The van der Waals surface area contributed by atoms with Crippen molar-refractivity contribution in [2.24, 2.45) is 0 Å². The molecular weight excluding hydrogens is 171 g/mol. The molecule has 1 N–H and O–H groups in total. The third-order valence-electron chi connectivity index (χ3n) is 1.35. The highest BCUT2D eigenvalue weighted by molar-refractivity contribution is 5.30. The molecule has 0 bridgehead atoms. The zero-order valence-corrected chi connectivity index (χ0v) is 5.97. The Morgan fingerprint density at radius 2 is 2.17 bits per heavy atom. The summed E-state index contributed by atoms with van der Waals surface area (Å²) < 4.78 is 35.8. The number of alkyl halides is 3. The number of hydrogen-bond acceptors (Lipinski definition) is 2. The molecule has 0 unspecified atom stereocenters. The molecule has 0 aliphatic heterocycles. The van der Waals surface area contributed by atoms with Gasteiger partial charge in [0.2, 0.25) is 0 Å². The Balaban J connectivity index is 3.02. The first-order chi connectivity index (χ1) is 5.65. The highest BCUT2D eigenvalue weighted by atomic mass is 19.3. The van der Waals surface area contributed by atoms with E-state index in [1.165, 1.54) is 0 Å². The second-order valence-electron chi connectivity index (χ2n) is 2.17. The van der Waals surface area contributed by atoms with Crippen molar-refractivity contribution in [3.8, 4) is 5.75 Å². The van der Waals surface area contributed by atoms with Gasteiger partial charge >= 0.3 is 0 Å². The summed E-state index contributed by atoms with van der Waals surface area (Å²) in [6.45, 7) is -0.963. The first kappa shape index (κ1) is 8.83. The summed E-state index contributed by atoms with van der Waals surface area (Å²) in [6.07, 6.45) is -1.85. The van der Waals surface area contributed by atoms with Gasteiger partial charge in [0.05, 0.1) is 0 Å². The highest BCUT2D eigenvalue weighted by Crippen LogP contribution is 2.23. The Kier molecular flexibility index (Phi) is 2.52. The molecule has 0 aliphatic rings. The van der Waals surface area contributed by atoms with Gasteiger partial charge in [-0.1, -0.05) is 0 Å². The van der Waals surface area contributed by atoms with Crippen molar-refractivity contribution in [1.29, 1.82) is 0 Å². The van der Waals surface area contributed by atoms with Crippen molar-refractivity contribution in [3.63, 3.8) is 0 Å². The average Bonchev–Trinajstić information content (AvgIpc) is 2.04. The molecule has 1 aromatic heterocycles. The lowest BCUT2D eigenvalue weighted by Crippen LogP contribution is -1.91. The van der Waals surface area contributed by atoms with Crippen LogP contribution in [-0.4, -0.2) is 10.1 Å². The molecule has 0 amide bonds.